The molecule has 0 aliphatic carbocycles. The molecular weight excluding hydrogens is 301 g/mol. The Morgan fingerprint density at radius 1 is 1.25 bits per heavy atom. The highest BCUT2D eigenvalue weighted by Gasteiger charge is 2.18. The summed E-state index contributed by atoms with van der Waals surface area (Å²) in [6.07, 6.45) is 1.50. The molecule has 1 unspecified atom stereocenters. The number of hydrogen-bond acceptors (Lipinski definition) is 1. The van der Waals surface area contributed by atoms with Crippen molar-refractivity contribution in [2.75, 3.05) is 0 Å². The fourth-order valence-corrected chi connectivity index (χ4v) is 2.35. The van der Waals surface area contributed by atoms with E-state index >= 15 is 0 Å². The second kappa shape index (κ2) is 4.55. The van der Waals surface area contributed by atoms with Gasteiger partial charge in [-0.25, -0.2) is 8.78 Å². The second-order valence-corrected chi connectivity index (χ2v) is 4.49. The average molecular weight is 308 g/mol. The van der Waals surface area contributed by atoms with Gasteiger partial charge in [0.05, 0.1) is 11.1 Å². The largest absolute Gasteiger partial charge is 0.468 e. The predicted molar refractivity (Wildman–Crippen MR) is 60.8 cm³/mol. The van der Waals surface area contributed by atoms with Crippen LogP contribution < -0.4 is 0 Å². The molecule has 0 fully saturated rings. The van der Waals surface area contributed by atoms with E-state index in [4.69, 9.17) is 16.0 Å². The van der Waals surface area contributed by atoms with Crippen molar-refractivity contribution in [2.45, 2.75) is 4.83 Å². The molecule has 0 aliphatic rings. The van der Waals surface area contributed by atoms with Crippen LogP contribution in [-0.2, 0) is 0 Å². The topological polar surface area (TPSA) is 13.1 Å². The fraction of sp³-hybridized carbons (Fsp3) is 0.0909. The minimum absolute atomic E-state index is 0.150. The molecule has 0 amide bonds. The number of benzene rings is 1. The molecule has 2 aromatic rings. The first-order valence-corrected chi connectivity index (χ1v) is 5.71. The third kappa shape index (κ3) is 2.13. The van der Waals surface area contributed by atoms with Gasteiger partial charge in [0.1, 0.15) is 5.76 Å². The maximum atomic E-state index is 13.1. The molecule has 1 aromatic carbocycles. The fourth-order valence-electron chi connectivity index (χ4n) is 1.32. The summed E-state index contributed by atoms with van der Waals surface area (Å²) in [6, 6.07) is 5.43. The lowest BCUT2D eigenvalue weighted by molar-refractivity contribution is 0.502. The molecule has 5 heteroatoms. The Kier molecular flexibility index (Phi) is 3.30. The highest BCUT2D eigenvalue weighted by atomic mass is 79.9. The standard InChI is InChI=1S/C11H6BrClF2O/c12-11(10-2-1-3-16-10)6-4-8(14)9(15)5-7(6)13/h1-5,11H. The van der Waals surface area contributed by atoms with E-state index < -0.39 is 16.5 Å². The number of hydrogen-bond donors (Lipinski definition) is 0. The van der Waals surface area contributed by atoms with Crippen LogP contribution in [0.4, 0.5) is 8.78 Å². The van der Waals surface area contributed by atoms with Crippen LogP contribution in [0.15, 0.2) is 34.9 Å². The van der Waals surface area contributed by atoms with Gasteiger partial charge in [0.15, 0.2) is 11.6 Å². The van der Waals surface area contributed by atoms with Crippen LogP contribution >= 0.6 is 27.5 Å². The molecule has 0 saturated heterocycles. The van der Waals surface area contributed by atoms with Gasteiger partial charge in [0, 0.05) is 5.02 Å². The van der Waals surface area contributed by atoms with Gasteiger partial charge in [-0.05, 0) is 29.8 Å². The molecule has 0 N–H and O–H groups in total. The lowest BCUT2D eigenvalue weighted by atomic mass is 10.1. The van der Waals surface area contributed by atoms with Gasteiger partial charge in [-0.15, -0.1) is 0 Å². The molecule has 1 heterocycles. The maximum Gasteiger partial charge on any atom is 0.160 e. The van der Waals surface area contributed by atoms with Crippen LogP contribution in [0.3, 0.4) is 0 Å². The van der Waals surface area contributed by atoms with Crippen molar-refractivity contribution in [1.82, 2.24) is 0 Å². The van der Waals surface area contributed by atoms with Crippen molar-refractivity contribution in [3.63, 3.8) is 0 Å². The van der Waals surface area contributed by atoms with Crippen molar-refractivity contribution >= 4 is 27.5 Å². The van der Waals surface area contributed by atoms with E-state index in [-0.39, 0.29) is 5.02 Å². The number of halogens is 4. The summed E-state index contributed by atoms with van der Waals surface area (Å²) in [6.45, 7) is 0. The third-order valence-electron chi connectivity index (χ3n) is 2.11. The third-order valence-corrected chi connectivity index (χ3v) is 3.38. The van der Waals surface area contributed by atoms with Gasteiger partial charge >= 0.3 is 0 Å². The minimum atomic E-state index is -0.965. The number of alkyl halides is 1. The first-order chi connectivity index (χ1) is 7.59. The molecule has 84 valence electrons. The Hall–Kier alpha value is -0.870. The van der Waals surface area contributed by atoms with Crippen LogP contribution in [0.2, 0.25) is 5.02 Å². The molecule has 0 saturated carbocycles. The summed E-state index contributed by atoms with van der Waals surface area (Å²) < 4.78 is 31.1. The van der Waals surface area contributed by atoms with Gasteiger partial charge in [0.25, 0.3) is 0 Å². The Labute approximate surface area is 104 Å². The minimum Gasteiger partial charge on any atom is -0.468 e. The van der Waals surface area contributed by atoms with E-state index in [1.165, 1.54) is 6.26 Å². The molecule has 1 atom stereocenters. The van der Waals surface area contributed by atoms with Crippen LogP contribution in [0.1, 0.15) is 16.2 Å². The van der Waals surface area contributed by atoms with Gasteiger partial charge in [-0.3, -0.25) is 0 Å². The molecule has 0 radical (unpaired) electrons. The zero-order chi connectivity index (χ0) is 11.7. The Bertz CT molecular complexity index is 499. The number of rotatable bonds is 2. The summed E-state index contributed by atoms with van der Waals surface area (Å²) in [5.41, 5.74) is 0.426. The summed E-state index contributed by atoms with van der Waals surface area (Å²) in [5.74, 6) is -1.32. The first-order valence-electron chi connectivity index (χ1n) is 4.41. The van der Waals surface area contributed by atoms with Gasteiger partial charge in [-0.1, -0.05) is 27.5 Å². The van der Waals surface area contributed by atoms with Gasteiger partial charge < -0.3 is 4.42 Å². The summed E-state index contributed by atoms with van der Waals surface area (Å²) >= 11 is 9.15. The molecule has 16 heavy (non-hydrogen) atoms. The van der Waals surface area contributed by atoms with Crippen molar-refractivity contribution < 1.29 is 13.2 Å². The average Bonchev–Trinajstić information content (AvgIpc) is 2.75. The zero-order valence-electron chi connectivity index (χ0n) is 7.88. The molecule has 0 spiro atoms. The Morgan fingerprint density at radius 2 is 1.94 bits per heavy atom. The lowest BCUT2D eigenvalue weighted by Crippen LogP contribution is -1.95. The summed E-state index contributed by atoms with van der Waals surface area (Å²) in [5, 5.41) is 0.150. The van der Waals surface area contributed by atoms with Crippen molar-refractivity contribution in [1.29, 1.82) is 0 Å². The van der Waals surface area contributed by atoms with Crippen LogP contribution in [0.25, 0.3) is 0 Å². The summed E-state index contributed by atoms with van der Waals surface area (Å²) in [7, 11) is 0. The highest BCUT2D eigenvalue weighted by molar-refractivity contribution is 9.09. The predicted octanol–water partition coefficient (Wildman–Crippen LogP) is 4.70. The van der Waals surface area contributed by atoms with E-state index in [9.17, 15) is 8.78 Å². The van der Waals surface area contributed by atoms with Crippen molar-refractivity contribution in [3.8, 4) is 0 Å². The van der Waals surface area contributed by atoms with E-state index in [0.717, 1.165) is 12.1 Å². The van der Waals surface area contributed by atoms with E-state index in [2.05, 4.69) is 15.9 Å². The molecule has 1 nitrogen and oxygen atoms in total. The monoisotopic (exact) mass is 306 g/mol. The highest BCUT2D eigenvalue weighted by Crippen LogP contribution is 2.36. The van der Waals surface area contributed by atoms with E-state index in [0.29, 0.717) is 11.3 Å². The van der Waals surface area contributed by atoms with Crippen LogP contribution in [0, 0.1) is 11.6 Å². The number of furan rings is 1. The molecular formula is C11H6BrClF2O. The molecule has 2 rings (SSSR count). The van der Waals surface area contributed by atoms with Crippen molar-refractivity contribution in [3.05, 3.63) is 58.5 Å². The van der Waals surface area contributed by atoms with Gasteiger partial charge in [0.2, 0.25) is 0 Å². The Balaban J connectivity index is 2.44. The normalized spacial score (nSPS) is 12.8. The lowest BCUT2D eigenvalue weighted by Gasteiger charge is -2.09. The maximum absolute atomic E-state index is 13.1. The quantitative estimate of drug-likeness (QED) is 0.579. The van der Waals surface area contributed by atoms with Crippen LogP contribution in [-0.4, -0.2) is 0 Å². The zero-order valence-corrected chi connectivity index (χ0v) is 10.2. The van der Waals surface area contributed by atoms with Crippen LogP contribution in [0.5, 0.6) is 0 Å². The molecule has 1 aromatic heterocycles. The molecule has 0 aliphatic heterocycles. The Morgan fingerprint density at radius 3 is 2.56 bits per heavy atom. The summed E-state index contributed by atoms with van der Waals surface area (Å²) in [4.78, 5) is -0.398. The van der Waals surface area contributed by atoms with E-state index in [1.807, 2.05) is 0 Å². The smallest absolute Gasteiger partial charge is 0.160 e. The SMILES string of the molecule is Fc1cc(Cl)c(C(Br)c2ccco2)cc1F. The first kappa shape index (κ1) is 11.6. The van der Waals surface area contributed by atoms with E-state index in [1.54, 1.807) is 12.1 Å². The van der Waals surface area contributed by atoms with Gasteiger partial charge in [-0.2, -0.15) is 0 Å². The van der Waals surface area contributed by atoms with Crippen molar-refractivity contribution in [2.24, 2.45) is 0 Å². The second-order valence-electron chi connectivity index (χ2n) is 3.17. The molecule has 0 bridgehead atoms.